The molecule has 2 N–H and O–H groups in total. The summed E-state index contributed by atoms with van der Waals surface area (Å²) in [6, 6.07) is 11.7. The van der Waals surface area contributed by atoms with Crippen molar-refractivity contribution in [3.63, 3.8) is 0 Å². The molecule has 35 heavy (non-hydrogen) atoms. The first-order valence-corrected chi connectivity index (χ1v) is 11.8. The molecule has 0 radical (unpaired) electrons. The van der Waals surface area contributed by atoms with Crippen LogP contribution >= 0.6 is 11.3 Å². The molecule has 1 unspecified atom stereocenters. The van der Waals surface area contributed by atoms with Crippen molar-refractivity contribution in [1.29, 1.82) is 0 Å². The molecule has 1 fully saturated rings. The minimum Gasteiger partial charge on any atom is -0.507 e. The average Bonchev–Trinajstić information content (AvgIpc) is 3.58. The number of aromatic amines is 1. The molecule has 1 aliphatic rings. The number of aliphatic hydroxyl groups is 1. The van der Waals surface area contributed by atoms with Crippen LogP contribution in [-0.4, -0.2) is 41.0 Å². The molecule has 0 aliphatic carbocycles. The number of anilines is 1. The van der Waals surface area contributed by atoms with Crippen molar-refractivity contribution in [2.45, 2.75) is 19.9 Å². The van der Waals surface area contributed by atoms with Gasteiger partial charge in [-0.3, -0.25) is 14.5 Å². The molecule has 0 bridgehead atoms. The monoisotopic (exact) mass is 489 g/mol. The molecule has 1 saturated heterocycles. The lowest BCUT2D eigenvalue weighted by atomic mass is 9.98. The Morgan fingerprint density at radius 2 is 1.80 bits per heavy atom. The summed E-state index contributed by atoms with van der Waals surface area (Å²) in [5.41, 5.74) is 3.68. The first kappa shape index (κ1) is 22.7. The quantitative estimate of drug-likeness (QED) is 0.235. The number of benzene rings is 2. The van der Waals surface area contributed by atoms with E-state index in [2.05, 4.69) is 9.97 Å². The Balaban J connectivity index is 1.70. The number of ether oxygens (including phenoxy) is 2. The number of imidazole rings is 1. The Labute approximate surface area is 205 Å². The van der Waals surface area contributed by atoms with Crippen molar-refractivity contribution in [2.24, 2.45) is 0 Å². The highest BCUT2D eigenvalue weighted by molar-refractivity contribution is 7.10. The molecule has 1 atom stereocenters. The summed E-state index contributed by atoms with van der Waals surface area (Å²) in [7, 11) is 3.06. The van der Waals surface area contributed by atoms with Gasteiger partial charge in [-0.15, -0.1) is 11.3 Å². The molecule has 0 saturated carbocycles. The third-order valence-corrected chi connectivity index (χ3v) is 7.17. The second-order valence-electron chi connectivity index (χ2n) is 8.27. The number of methoxy groups -OCH3 is 2. The minimum absolute atomic E-state index is 0.0244. The second-order valence-corrected chi connectivity index (χ2v) is 9.25. The summed E-state index contributed by atoms with van der Waals surface area (Å²) >= 11 is 1.39. The van der Waals surface area contributed by atoms with Gasteiger partial charge in [-0.25, -0.2) is 4.98 Å². The summed E-state index contributed by atoms with van der Waals surface area (Å²) in [4.78, 5) is 36.4. The fourth-order valence-corrected chi connectivity index (χ4v) is 5.07. The van der Waals surface area contributed by atoms with Crippen molar-refractivity contribution in [1.82, 2.24) is 9.97 Å². The molecule has 9 heteroatoms. The van der Waals surface area contributed by atoms with Gasteiger partial charge in [0.2, 0.25) is 5.95 Å². The number of carbonyl (C=O) groups excluding carboxylic acids is 2. The zero-order valence-corrected chi connectivity index (χ0v) is 20.4. The van der Waals surface area contributed by atoms with E-state index >= 15 is 0 Å². The summed E-state index contributed by atoms with van der Waals surface area (Å²) in [5, 5.41) is 13.1. The number of nitrogens with zero attached hydrogens (tertiary/aromatic N) is 2. The van der Waals surface area contributed by atoms with Gasteiger partial charge in [0.1, 0.15) is 11.8 Å². The molecule has 2 aromatic carbocycles. The smallest absolute Gasteiger partial charge is 0.302 e. The van der Waals surface area contributed by atoms with Gasteiger partial charge in [0.25, 0.3) is 5.78 Å². The molecule has 1 aliphatic heterocycles. The van der Waals surface area contributed by atoms with E-state index in [1.54, 1.807) is 18.2 Å². The SMILES string of the molecule is COc1cc2nc(N3C(=O)C(=O)/C(=C(/O)c4ccc(C)c(C)c4)C3c3cccs3)[nH]c2cc1OC. The lowest BCUT2D eigenvalue weighted by Gasteiger charge is -2.21. The number of Topliss-reactive ketones (excluding diaryl/α,β-unsaturated/α-hetero) is 1. The topological polar surface area (TPSA) is 105 Å². The van der Waals surface area contributed by atoms with Gasteiger partial charge in [-0.2, -0.15) is 0 Å². The molecule has 8 nitrogen and oxygen atoms in total. The van der Waals surface area contributed by atoms with E-state index in [1.165, 1.54) is 30.5 Å². The van der Waals surface area contributed by atoms with Crippen LogP contribution in [0, 0.1) is 13.8 Å². The standard InChI is InChI=1S/C26H23N3O5S/c1-13-7-8-15(10-14(13)2)23(30)21-22(20-6-5-9-35-20)29(25(32)24(21)31)26-27-16-11-18(33-3)19(34-4)12-17(16)28-26/h5-12,22,30H,1-4H3,(H,27,28)/b23-21+. The van der Waals surface area contributed by atoms with Crippen LogP contribution in [0.4, 0.5) is 5.95 Å². The largest absolute Gasteiger partial charge is 0.507 e. The van der Waals surface area contributed by atoms with Crippen LogP contribution in [0.15, 0.2) is 53.4 Å². The summed E-state index contributed by atoms with van der Waals surface area (Å²) in [6.07, 6.45) is 0. The maximum Gasteiger partial charge on any atom is 0.302 e. The number of fused-ring (bicyclic) bond motifs is 1. The molecule has 0 spiro atoms. The van der Waals surface area contributed by atoms with Gasteiger partial charge in [0.15, 0.2) is 11.5 Å². The van der Waals surface area contributed by atoms with Crippen molar-refractivity contribution >= 4 is 45.8 Å². The van der Waals surface area contributed by atoms with E-state index in [4.69, 9.17) is 9.47 Å². The number of thiophene rings is 1. The Morgan fingerprint density at radius 3 is 2.46 bits per heavy atom. The van der Waals surface area contributed by atoms with Crippen LogP contribution in [0.3, 0.4) is 0 Å². The maximum atomic E-state index is 13.3. The van der Waals surface area contributed by atoms with E-state index in [0.29, 0.717) is 28.1 Å². The third-order valence-electron chi connectivity index (χ3n) is 6.24. The fraction of sp³-hybridized carbons (Fsp3) is 0.192. The van der Waals surface area contributed by atoms with Crippen LogP contribution in [0.1, 0.15) is 27.6 Å². The molecular formula is C26H23N3O5S. The number of aromatic nitrogens is 2. The summed E-state index contributed by atoms with van der Waals surface area (Å²) < 4.78 is 10.7. The number of aliphatic hydroxyl groups excluding tert-OH is 1. The zero-order chi connectivity index (χ0) is 24.9. The molecule has 5 rings (SSSR count). The van der Waals surface area contributed by atoms with Gasteiger partial charge < -0.3 is 19.6 Å². The number of ketones is 1. The average molecular weight is 490 g/mol. The highest BCUT2D eigenvalue weighted by Crippen LogP contribution is 2.43. The van der Waals surface area contributed by atoms with E-state index in [9.17, 15) is 14.7 Å². The molecule has 2 aromatic heterocycles. The van der Waals surface area contributed by atoms with Crippen molar-refractivity contribution in [2.75, 3.05) is 19.1 Å². The highest BCUT2D eigenvalue weighted by atomic mass is 32.1. The summed E-state index contributed by atoms with van der Waals surface area (Å²) in [6.45, 7) is 3.90. The van der Waals surface area contributed by atoms with Gasteiger partial charge in [0.05, 0.1) is 30.8 Å². The van der Waals surface area contributed by atoms with Crippen molar-refractivity contribution in [3.8, 4) is 11.5 Å². The summed E-state index contributed by atoms with van der Waals surface area (Å²) in [5.74, 6) is -0.574. The van der Waals surface area contributed by atoms with Crippen LogP contribution in [-0.2, 0) is 9.59 Å². The van der Waals surface area contributed by atoms with E-state index in [-0.39, 0.29) is 17.3 Å². The number of H-pyrrole nitrogens is 1. The van der Waals surface area contributed by atoms with Crippen LogP contribution in [0.25, 0.3) is 16.8 Å². The number of nitrogens with one attached hydrogen (secondary N) is 1. The molecular weight excluding hydrogens is 466 g/mol. The lowest BCUT2D eigenvalue weighted by Crippen LogP contribution is -2.30. The highest BCUT2D eigenvalue weighted by Gasteiger charge is 2.48. The normalized spacial score (nSPS) is 17.4. The Bertz CT molecular complexity index is 1460. The first-order chi connectivity index (χ1) is 16.8. The molecule has 1 amide bonds. The molecule has 4 aromatic rings. The second kappa shape index (κ2) is 8.59. The minimum atomic E-state index is -0.832. The van der Waals surface area contributed by atoms with Crippen molar-refractivity contribution in [3.05, 3.63) is 75.0 Å². The Morgan fingerprint density at radius 1 is 1.06 bits per heavy atom. The first-order valence-electron chi connectivity index (χ1n) is 10.9. The number of rotatable bonds is 5. The Kier molecular flexibility index (Phi) is 5.56. The number of carbonyl (C=O) groups is 2. The van der Waals surface area contributed by atoms with Crippen LogP contribution in [0.5, 0.6) is 11.5 Å². The number of hydrogen-bond donors (Lipinski definition) is 2. The van der Waals surface area contributed by atoms with Gasteiger partial charge in [-0.1, -0.05) is 18.2 Å². The van der Waals surface area contributed by atoms with Crippen LogP contribution in [0.2, 0.25) is 0 Å². The van der Waals surface area contributed by atoms with Gasteiger partial charge >= 0.3 is 5.91 Å². The fourth-order valence-electron chi connectivity index (χ4n) is 4.25. The van der Waals surface area contributed by atoms with Gasteiger partial charge in [0, 0.05) is 22.6 Å². The maximum absolute atomic E-state index is 13.3. The van der Waals surface area contributed by atoms with Crippen LogP contribution < -0.4 is 14.4 Å². The predicted octanol–water partition coefficient (Wildman–Crippen LogP) is 4.88. The lowest BCUT2D eigenvalue weighted by molar-refractivity contribution is -0.132. The number of amides is 1. The van der Waals surface area contributed by atoms with Crippen molar-refractivity contribution < 1.29 is 24.2 Å². The third kappa shape index (κ3) is 3.64. The zero-order valence-electron chi connectivity index (χ0n) is 19.6. The number of hydrogen-bond acceptors (Lipinski definition) is 7. The molecule has 3 heterocycles. The molecule has 178 valence electrons. The van der Waals surface area contributed by atoms with E-state index in [1.807, 2.05) is 43.5 Å². The predicted molar refractivity (Wildman–Crippen MR) is 134 cm³/mol. The Hall–Kier alpha value is -4.11. The van der Waals surface area contributed by atoms with E-state index < -0.39 is 17.7 Å². The van der Waals surface area contributed by atoms with E-state index in [0.717, 1.165) is 16.0 Å². The van der Waals surface area contributed by atoms with Gasteiger partial charge in [-0.05, 0) is 42.5 Å². The number of aryl methyl sites for hydroxylation is 2.